The number of rotatable bonds is 4. The molecule has 0 amide bonds. The van der Waals surface area contributed by atoms with Crippen molar-refractivity contribution >= 4 is 5.97 Å². The highest BCUT2D eigenvalue weighted by Crippen LogP contribution is 2.36. The molecule has 5 heteroatoms. The molecule has 0 aliphatic carbocycles. The monoisotopic (exact) mass is 311 g/mol. The lowest BCUT2D eigenvalue weighted by atomic mass is 9.82. The Morgan fingerprint density at radius 3 is 2.77 bits per heavy atom. The van der Waals surface area contributed by atoms with Gasteiger partial charge in [0.25, 0.3) is 0 Å². The molecule has 0 aromatic heterocycles. The van der Waals surface area contributed by atoms with Crippen molar-refractivity contribution < 1.29 is 18.8 Å². The molecule has 3 heterocycles. The van der Waals surface area contributed by atoms with E-state index in [4.69, 9.17) is 9.47 Å². The highest BCUT2D eigenvalue weighted by molar-refractivity contribution is 5.71. The van der Waals surface area contributed by atoms with E-state index < -0.39 is 0 Å². The van der Waals surface area contributed by atoms with Crippen molar-refractivity contribution in [3.63, 3.8) is 0 Å². The Morgan fingerprint density at radius 2 is 1.95 bits per heavy atom. The first-order chi connectivity index (χ1) is 10.7. The molecule has 0 saturated carbocycles. The zero-order valence-electron chi connectivity index (χ0n) is 14.0. The minimum Gasteiger partial charge on any atom is -0.464 e. The summed E-state index contributed by atoms with van der Waals surface area (Å²) in [6.45, 7) is 6.81. The van der Waals surface area contributed by atoms with Gasteiger partial charge in [0.15, 0.2) is 0 Å². The fraction of sp³-hybridized carbons (Fsp3) is 0.941. The largest absolute Gasteiger partial charge is 0.464 e. The Kier molecular flexibility index (Phi) is 5.37. The first kappa shape index (κ1) is 16.2. The standard InChI is InChI=1S/C17H31N2O3/c1-19-9-3-2-6-16(19)15(5-4-10-19)14-22-17(20)13-18-7-11-21-12-8-18/h15-16H,2-14H2,1H3/q+1. The van der Waals surface area contributed by atoms with Crippen molar-refractivity contribution in [1.82, 2.24) is 4.90 Å². The highest BCUT2D eigenvalue weighted by Gasteiger charge is 2.43. The molecule has 5 nitrogen and oxygen atoms in total. The van der Waals surface area contributed by atoms with Gasteiger partial charge in [0.2, 0.25) is 0 Å². The lowest BCUT2D eigenvalue weighted by molar-refractivity contribution is -0.947. The number of ether oxygens (including phenoxy) is 2. The Balaban J connectivity index is 1.46. The molecule has 126 valence electrons. The van der Waals surface area contributed by atoms with Crippen LogP contribution >= 0.6 is 0 Å². The molecule has 22 heavy (non-hydrogen) atoms. The Morgan fingerprint density at radius 1 is 1.18 bits per heavy atom. The third kappa shape index (κ3) is 3.81. The number of hydrogen-bond acceptors (Lipinski definition) is 4. The maximum atomic E-state index is 12.1. The van der Waals surface area contributed by atoms with Gasteiger partial charge in [-0.05, 0) is 25.7 Å². The number of morpholine rings is 1. The van der Waals surface area contributed by atoms with E-state index in [0.717, 1.165) is 26.3 Å². The van der Waals surface area contributed by atoms with Crippen molar-refractivity contribution in [3.05, 3.63) is 0 Å². The molecule has 3 aliphatic rings. The van der Waals surface area contributed by atoms with Crippen LogP contribution in [0.3, 0.4) is 0 Å². The minimum absolute atomic E-state index is 0.0579. The number of nitrogens with zero attached hydrogens (tertiary/aromatic N) is 2. The topological polar surface area (TPSA) is 38.8 Å². The van der Waals surface area contributed by atoms with E-state index in [1.807, 2.05) is 0 Å². The second-order valence-corrected chi connectivity index (χ2v) is 7.46. The summed E-state index contributed by atoms with van der Waals surface area (Å²) in [4.78, 5) is 14.2. The van der Waals surface area contributed by atoms with Gasteiger partial charge in [0, 0.05) is 25.4 Å². The fourth-order valence-electron chi connectivity index (χ4n) is 4.62. The van der Waals surface area contributed by atoms with Gasteiger partial charge in [0.1, 0.15) is 0 Å². The van der Waals surface area contributed by atoms with Crippen molar-refractivity contribution in [2.24, 2.45) is 5.92 Å². The van der Waals surface area contributed by atoms with Gasteiger partial charge in [-0.25, -0.2) is 0 Å². The number of esters is 1. The second-order valence-electron chi connectivity index (χ2n) is 7.46. The number of carbonyl (C=O) groups is 1. The lowest BCUT2D eigenvalue weighted by Crippen LogP contribution is -2.61. The summed E-state index contributed by atoms with van der Waals surface area (Å²) in [5.41, 5.74) is 0. The van der Waals surface area contributed by atoms with E-state index >= 15 is 0 Å². The smallest absolute Gasteiger partial charge is 0.320 e. The summed E-state index contributed by atoms with van der Waals surface area (Å²) in [5, 5.41) is 0. The highest BCUT2D eigenvalue weighted by atomic mass is 16.5. The maximum Gasteiger partial charge on any atom is 0.320 e. The van der Waals surface area contributed by atoms with E-state index in [0.29, 0.717) is 25.1 Å². The van der Waals surface area contributed by atoms with Crippen LogP contribution in [0, 0.1) is 5.92 Å². The molecule has 3 rings (SSSR count). The third-order valence-electron chi connectivity index (χ3n) is 5.92. The van der Waals surface area contributed by atoms with Gasteiger partial charge in [0.05, 0.1) is 52.5 Å². The summed E-state index contributed by atoms with van der Waals surface area (Å²) in [6.07, 6.45) is 6.51. The molecule has 3 unspecified atom stereocenters. The maximum absolute atomic E-state index is 12.1. The first-order valence-corrected chi connectivity index (χ1v) is 8.97. The predicted molar refractivity (Wildman–Crippen MR) is 84.5 cm³/mol. The third-order valence-corrected chi connectivity index (χ3v) is 5.92. The second kappa shape index (κ2) is 7.28. The Hall–Kier alpha value is -0.650. The van der Waals surface area contributed by atoms with Crippen LogP contribution in [0.1, 0.15) is 32.1 Å². The molecule has 0 spiro atoms. The number of hydrogen-bond donors (Lipinski definition) is 0. The lowest BCUT2D eigenvalue weighted by Gasteiger charge is -2.51. The van der Waals surface area contributed by atoms with Gasteiger partial charge >= 0.3 is 5.97 Å². The van der Waals surface area contributed by atoms with Gasteiger partial charge in [-0.3, -0.25) is 9.69 Å². The molecule has 0 aromatic carbocycles. The first-order valence-electron chi connectivity index (χ1n) is 8.97. The van der Waals surface area contributed by atoms with Crippen LogP contribution < -0.4 is 0 Å². The van der Waals surface area contributed by atoms with Crippen LogP contribution in [0.4, 0.5) is 0 Å². The Bertz CT molecular complexity index is 380. The van der Waals surface area contributed by atoms with Crippen LogP contribution in [-0.4, -0.2) is 81.0 Å². The number of piperidine rings is 2. The average Bonchev–Trinajstić information content (AvgIpc) is 2.53. The predicted octanol–water partition coefficient (Wildman–Crippen LogP) is 1.27. The van der Waals surface area contributed by atoms with E-state index in [1.54, 1.807) is 0 Å². The molecular weight excluding hydrogens is 280 g/mol. The minimum atomic E-state index is -0.0579. The van der Waals surface area contributed by atoms with Gasteiger partial charge in [-0.15, -0.1) is 0 Å². The summed E-state index contributed by atoms with van der Waals surface area (Å²) >= 11 is 0. The molecule has 0 radical (unpaired) electrons. The van der Waals surface area contributed by atoms with E-state index in [9.17, 15) is 4.79 Å². The molecule has 0 aromatic rings. The fourth-order valence-corrected chi connectivity index (χ4v) is 4.62. The number of fused-ring (bicyclic) bond motifs is 1. The molecule has 0 bridgehead atoms. The van der Waals surface area contributed by atoms with Gasteiger partial charge in [-0.2, -0.15) is 0 Å². The van der Waals surface area contributed by atoms with Crippen LogP contribution in [0.25, 0.3) is 0 Å². The van der Waals surface area contributed by atoms with Gasteiger partial charge < -0.3 is 14.0 Å². The summed E-state index contributed by atoms with van der Waals surface area (Å²) in [7, 11) is 2.41. The van der Waals surface area contributed by atoms with Crippen LogP contribution in [0.5, 0.6) is 0 Å². The molecule has 3 aliphatic heterocycles. The van der Waals surface area contributed by atoms with Crippen molar-refractivity contribution in [1.29, 1.82) is 0 Å². The van der Waals surface area contributed by atoms with Crippen LogP contribution in [0.15, 0.2) is 0 Å². The molecule has 0 N–H and O–H groups in total. The number of quaternary nitrogens is 1. The van der Waals surface area contributed by atoms with Crippen molar-refractivity contribution in [2.75, 3.05) is 59.6 Å². The summed E-state index contributed by atoms with van der Waals surface area (Å²) in [6, 6.07) is 0.707. The summed E-state index contributed by atoms with van der Waals surface area (Å²) < 4.78 is 12.2. The van der Waals surface area contributed by atoms with Gasteiger partial charge in [-0.1, -0.05) is 0 Å². The normalized spacial score (nSPS) is 36.6. The molecule has 3 fully saturated rings. The zero-order chi connectivity index (χ0) is 15.4. The Labute approximate surface area is 134 Å². The number of carbonyl (C=O) groups excluding carboxylic acids is 1. The average molecular weight is 311 g/mol. The van der Waals surface area contributed by atoms with E-state index in [-0.39, 0.29) is 5.97 Å². The quantitative estimate of drug-likeness (QED) is 0.579. The van der Waals surface area contributed by atoms with E-state index in [2.05, 4.69) is 11.9 Å². The van der Waals surface area contributed by atoms with Crippen molar-refractivity contribution in [3.8, 4) is 0 Å². The molecular formula is C17H31N2O3+. The molecule has 3 saturated heterocycles. The SMILES string of the molecule is C[N+]12CCCCC1C(COC(=O)CN1CCOCC1)CCC2. The molecule has 3 atom stereocenters. The van der Waals surface area contributed by atoms with E-state index in [1.165, 1.54) is 49.7 Å². The van der Waals surface area contributed by atoms with Crippen molar-refractivity contribution in [2.45, 2.75) is 38.1 Å². The zero-order valence-corrected chi connectivity index (χ0v) is 14.0. The summed E-state index contributed by atoms with van der Waals surface area (Å²) in [5.74, 6) is 0.505. The van der Waals surface area contributed by atoms with Crippen LogP contribution in [-0.2, 0) is 14.3 Å². The van der Waals surface area contributed by atoms with Crippen LogP contribution in [0.2, 0.25) is 0 Å².